The molecule has 0 spiro atoms. The molecule has 4 nitrogen and oxygen atoms in total. The van der Waals surface area contributed by atoms with Crippen molar-refractivity contribution >= 4 is 0 Å². The lowest BCUT2D eigenvalue weighted by molar-refractivity contribution is -0.0211. The van der Waals surface area contributed by atoms with Gasteiger partial charge in [-0.25, -0.2) is 9.97 Å². The van der Waals surface area contributed by atoms with Gasteiger partial charge in [0.05, 0.1) is 0 Å². The molecule has 1 aliphatic rings. The van der Waals surface area contributed by atoms with E-state index in [9.17, 15) is 0 Å². The third-order valence-corrected chi connectivity index (χ3v) is 4.31. The van der Waals surface area contributed by atoms with Crippen molar-refractivity contribution in [2.45, 2.75) is 59.5 Å². The van der Waals surface area contributed by atoms with Gasteiger partial charge in [-0.1, -0.05) is 6.92 Å². The van der Waals surface area contributed by atoms with Crippen LogP contribution in [0.15, 0.2) is 0 Å². The summed E-state index contributed by atoms with van der Waals surface area (Å²) in [6.07, 6.45) is 3.37. The van der Waals surface area contributed by atoms with Gasteiger partial charge in [-0.05, 0) is 71.5 Å². The number of fused-ring (bicyclic) bond motifs is 1. The SMILES string of the molecule is CCNCC1CCc2nc(C(C)(C)OCC)nc(C)c2C1. The highest BCUT2D eigenvalue weighted by molar-refractivity contribution is 5.29. The van der Waals surface area contributed by atoms with Crippen molar-refractivity contribution in [3.8, 4) is 0 Å². The van der Waals surface area contributed by atoms with Crippen LogP contribution in [0.5, 0.6) is 0 Å². The van der Waals surface area contributed by atoms with E-state index in [1.54, 1.807) is 0 Å². The van der Waals surface area contributed by atoms with Gasteiger partial charge in [0.1, 0.15) is 5.60 Å². The van der Waals surface area contributed by atoms with Crippen molar-refractivity contribution in [3.05, 3.63) is 22.8 Å². The lowest BCUT2D eigenvalue weighted by atomic mass is 9.85. The van der Waals surface area contributed by atoms with Gasteiger partial charge in [-0.2, -0.15) is 0 Å². The summed E-state index contributed by atoms with van der Waals surface area (Å²) in [5.41, 5.74) is 3.32. The first-order chi connectivity index (χ1) is 9.97. The van der Waals surface area contributed by atoms with Gasteiger partial charge in [-0.15, -0.1) is 0 Å². The van der Waals surface area contributed by atoms with Crippen LogP contribution in [0.4, 0.5) is 0 Å². The van der Waals surface area contributed by atoms with E-state index < -0.39 is 5.60 Å². The van der Waals surface area contributed by atoms with Gasteiger partial charge in [0.2, 0.25) is 0 Å². The molecule has 0 fully saturated rings. The van der Waals surface area contributed by atoms with Gasteiger partial charge in [0.15, 0.2) is 5.82 Å². The number of ether oxygens (including phenoxy) is 1. The summed E-state index contributed by atoms with van der Waals surface area (Å²) in [6, 6.07) is 0. The first-order valence-corrected chi connectivity index (χ1v) is 8.19. The first-order valence-electron chi connectivity index (χ1n) is 8.19. The van der Waals surface area contributed by atoms with E-state index in [0.29, 0.717) is 12.5 Å². The Morgan fingerprint density at radius 3 is 2.71 bits per heavy atom. The van der Waals surface area contributed by atoms with Crippen molar-refractivity contribution < 1.29 is 4.74 Å². The maximum Gasteiger partial charge on any atom is 0.160 e. The molecule has 0 bridgehead atoms. The first kappa shape index (κ1) is 16.4. The average Bonchev–Trinajstić information content (AvgIpc) is 2.45. The van der Waals surface area contributed by atoms with Crippen LogP contribution >= 0.6 is 0 Å². The molecule has 1 aromatic rings. The molecule has 4 heteroatoms. The second-order valence-corrected chi connectivity index (χ2v) is 6.42. The minimum absolute atomic E-state index is 0.408. The third-order valence-electron chi connectivity index (χ3n) is 4.31. The van der Waals surface area contributed by atoms with Gasteiger partial charge >= 0.3 is 0 Å². The predicted octanol–water partition coefficient (Wildman–Crippen LogP) is 2.77. The zero-order valence-electron chi connectivity index (χ0n) is 14.1. The van der Waals surface area contributed by atoms with E-state index in [1.165, 1.54) is 17.7 Å². The minimum atomic E-state index is -0.408. The van der Waals surface area contributed by atoms with Crippen LogP contribution in [0.2, 0.25) is 0 Å². The fraction of sp³-hybridized carbons (Fsp3) is 0.765. The summed E-state index contributed by atoms with van der Waals surface area (Å²) in [4.78, 5) is 9.56. The molecule has 0 aromatic carbocycles. The largest absolute Gasteiger partial charge is 0.368 e. The number of rotatable bonds is 6. The fourth-order valence-corrected chi connectivity index (χ4v) is 3.08. The molecule has 1 aromatic heterocycles. The quantitative estimate of drug-likeness (QED) is 0.875. The van der Waals surface area contributed by atoms with Crippen LogP contribution in [0, 0.1) is 12.8 Å². The molecule has 1 aliphatic carbocycles. The number of aromatic nitrogens is 2. The summed E-state index contributed by atoms with van der Waals surface area (Å²) >= 11 is 0. The van der Waals surface area contributed by atoms with Crippen LogP contribution in [0.1, 0.15) is 56.9 Å². The Labute approximate surface area is 128 Å². The van der Waals surface area contributed by atoms with Crippen molar-refractivity contribution in [3.63, 3.8) is 0 Å². The Hall–Kier alpha value is -1.00. The molecule has 0 amide bonds. The molecular formula is C17H29N3O. The summed E-state index contributed by atoms with van der Waals surface area (Å²) in [5, 5.41) is 3.46. The smallest absolute Gasteiger partial charge is 0.160 e. The molecule has 0 radical (unpaired) electrons. The molecule has 21 heavy (non-hydrogen) atoms. The van der Waals surface area contributed by atoms with E-state index in [1.807, 2.05) is 6.92 Å². The summed E-state index contributed by atoms with van der Waals surface area (Å²) < 4.78 is 5.80. The molecule has 0 saturated heterocycles. The number of nitrogens with one attached hydrogen (secondary N) is 1. The Morgan fingerprint density at radius 1 is 1.29 bits per heavy atom. The Morgan fingerprint density at radius 2 is 2.05 bits per heavy atom. The summed E-state index contributed by atoms with van der Waals surface area (Å²) in [6.45, 7) is 13.2. The topological polar surface area (TPSA) is 47.0 Å². The second kappa shape index (κ2) is 6.84. The van der Waals surface area contributed by atoms with Crippen molar-refractivity contribution in [2.75, 3.05) is 19.7 Å². The molecule has 1 heterocycles. The Kier molecular flexibility index (Phi) is 5.33. The van der Waals surface area contributed by atoms with Crippen LogP contribution in [0.3, 0.4) is 0 Å². The zero-order chi connectivity index (χ0) is 15.5. The standard InChI is InChI=1S/C17H29N3O/c1-6-18-11-13-8-9-15-14(10-13)12(3)19-16(20-15)17(4,5)21-7-2/h13,18H,6-11H2,1-5H3. The maximum atomic E-state index is 5.80. The highest BCUT2D eigenvalue weighted by atomic mass is 16.5. The molecule has 1 N–H and O–H groups in total. The van der Waals surface area contributed by atoms with Gasteiger partial charge in [0, 0.05) is 18.0 Å². The van der Waals surface area contributed by atoms with Crippen molar-refractivity contribution in [1.82, 2.24) is 15.3 Å². The average molecular weight is 291 g/mol. The van der Waals surface area contributed by atoms with E-state index in [4.69, 9.17) is 14.7 Å². The van der Waals surface area contributed by atoms with Gasteiger partial charge in [0.25, 0.3) is 0 Å². The predicted molar refractivity (Wildman–Crippen MR) is 85.5 cm³/mol. The third kappa shape index (κ3) is 3.80. The van der Waals surface area contributed by atoms with Crippen molar-refractivity contribution in [2.24, 2.45) is 5.92 Å². The highest BCUT2D eigenvalue weighted by Crippen LogP contribution is 2.29. The second-order valence-electron chi connectivity index (χ2n) is 6.42. The Bertz CT molecular complexity index is 485. The molecule has 0 saturated carbocycles. The van der Waals surface area contributed by atoms with Crippen LogP contribution in [0.25, 0.3) is 0 Å². The molecular weight excluding hydrogens is 262 g/mol. The summed E-state index contributed by atoms with van der Waals surface area (Å²) in [5.74, 6) is 1.54. The number of hydrogen-bond donors (Lipinski definition) is 1. The van der Waals surface area contributed by atoms with E-state index >= 15 is 0 Å². The van der Waals surface area contributed by atoms with Gasteiger partial charge in [-0.3, -0.25) is 0 Å². The van der Waals surface area contributed by atoms with Crippen LogP contribution in [-0.4, -0.2) is 29.7 Å². The normalized spacial score (nSPS) is 18.6. The molecule has 118 valence electrons. The van der Waals surface area contributed by atoms with Crippen LogP contribution < -0.4 is 5.32 Å². The van der Waals surface area contributed by atoms with E-state index in [0.717, 1.165) is 37.4 Å². The van der Waals surface area contributed by atoms with Crippen molar-refractivity contribution in [1.29, 1.82) is 0 Å². The lowest BCUT2D eigenvalue weighted by Gasteiger charge is -2.29. The van der Waals surface area contributed by atoms with E-state index in [2.05, 4.69) is 33.0 Å². The monoisotopic (exact) mass is 291 g/mol. The number of nitrogens with zero attached hydrogens (tertiary/aromatic N) is 2. The number of hydrogen-bond acceptors (Lipinski definition) is 4. The minimum Gasteiger partial charge on any atom is -0.368 e. The van der Waals surface area contributed by atoms with Crippen LogP contribution in [-0.2, 0) is 23.2 Å². The number of aryl methyl sites for hydroxylation is 2. The molecule has 1 unspecified atom stereocenters. The molecule has 2 rings (SSSR count). The lowest BCUT2D eigenvalue weighted by Crippen LogP contribution is -2.30. The Balaban J connectivity index is 2.21. The van der Waals surface area contributed by atoms with Gasteiger partial charge < -0.3 is 10.1 Å². The zero-order valence-corrected chi connectivity index (χ0v) is 14.1. The summed E-state index contributed by atoms with van der Waals surface area (Å²) in [7, 11) is 0. The van der Waals surface area contributed by atoms with E-state index in [-0.39, 0.29) is 0 Å². The maximum absolute atomic E-state index is 5.80. The fourth-order valence-electron chi connectivity index (χ4n) is 3.08. The highest BCUT2D eigenvalue weighted by Gasteiger charge is 2.28. The molecule has 1 atom stereocenters. The molecule has 0 aliphatic heterocycles.